The molecule has 0 radical (unpaired) electrons. The van der Waals surface area contributed by atoms with Crippen LogP contribution in [0.5, 0.6) is 0 Å². The molecule has 0 amide bonds. The van der Waals surface area contributed by atoms with E-state index >= 15 is 0 Å². The maximum atomic E-state index is 11.7. The van der Waals surface area contributed by atoms with Crippen molar-refractivity contribution in [2.24, 2.45) is 5.92 Å². The molecule has 14 heavy (non-hydrogen) atoms. The van der Waals surface area contributed by atoms with Crippen LogP contribution in [0.15, 0.2) is 0 Å². The summed E-state index contributed by atoms with van der Waals surface area (Å²) in [7, 11) is 0. The van der Waals surface area contributed by atoms with Crippen LogP contribution in [0, 0.1) is 5.92 Å². The number of morpholine rings is 1. The Kier molecular flexibility index (Phi) is 4.55. The van der Waals surface area contributed by atoms with Crippen LogP contribution in [0.2, 0.25) is 0 Å². The van der Waals surface area contributed by atoms with Gasteiger partial charge in [-0.1, -0.05) is 13.8 Å². The zero-order chi connectivity index (χ0) is 10.6. The molecule has 3 atom stereocenters. The largest absolute Gasteiger partial charge is 0.378 e. The second kappa shape index (κ2) is 5.47. The summed E-state index contributed by atoms with van der Waals surface area (Å²) in [6, 6.07) is 0.596. The van der Waals surface area contributed by atoms with Crippen molar-refractivity contribution in [2.45, 2.75) is 45.7 Å². The molecule has 1 N–H and O–H groups in total. The molecule has 82 valence electrons. The third-order valence-corrected chi connectivity index (χ3v) is 2.82. The zero-order valence-corrected chi connectivity index (χ0v) is 9.38. The van der Waals surface area contributed by atoms with Crippen LogP contribution in [0.1, 0.15) is 33.6 Å². The summed E-state index contributed by atoms with van der Waals surface area (Å²) in [5, 5.41) is 3.38. The van der Waals surface area contributed by atoms with E-state index in [0.29, 0.717) is 24.9 Å². The summed E-state index contributed by atoms with van der Waals surface area (Å²) in [5.74, 6) is 0.539. The Bertz CT molecular complexity index is 194. The van der Waals surface area contributed by atoms with Gasteiger partial charge in [-0.3, -0.25) is 4.79 Å². The van der Waals surface area contributed by atoms with Gasteiger partial charge in [0.1, 0.15) is 5.78 Å². The molecular formula is C11H21NO2. The van der Waals surface area contributed by atoms with E-state index < -0.39 is 0 Å². The van der Waals surface area contributed by atoms with Gasteiger partial charge in [-0.25, -0.2) is 0 Å². The first-order chi connectivity index (χ1) is 6.63. The number of hydrogen-bond donors (Lipinski definition) is 1. The second-order valence-electron chi connectivity index (χ2n) is 4.28. The monoisotopic (exact) mass is 199 g/mol. The van der Waals surface area contributed by atoms with Crippen LogP contribution in [0.4, 0.5) is 0 Å². The lowest BCUT2D eigenvalue weighted by atomic mass is 9.97. The predicted molar refractivity (Wildman–Crippen MR) is 56.3 cm³/mol. The Morgan fingerprint density at radius 1 is 1.57 bits per heavy atom. The highest BCUT2D eigenvalue weighted by Crippen LogP contribution is 2.10. The van der Waals surface area contributed by atoms with Crippen LogP contribution in [-0.2, 0) is 9.53 Å². The van der Waals surface area contributed by atoms with E-state index in [4.69, 9.17) is 4.74 Å². The molecule has 0 aromatic carbocycles. The Morgan fingerprint density at radius 3 is 2.86 bits per heavy atom. The van der Waals surface area contributed by atoms with Gasteiger partial charge >= 0.3 is 0 Å². The summed E-state index contributed by atoms with van der Waals surface area (Å²) in [5.41, 5.74) is 0. The summed E-state index contributed by atoms with van der Waals surface area (Å²) >= 11 is 0. The quantitative estimate of drug-likeness (QED) is 0.743. The molecule has 1 fully saturated rings. The molecule has 1 aliphatic rings. The molecule has 0 bridgehead atoms. The van der Waals surface area contributed by atoms with E-state index in [1.165, 1.54) is 0 Å². The molecule has 0 saturated carbocycles. The zero-order valence-electron chi connectivity index (χ0n) is 9.38. The Balaban J connectivity index is 2.32. The third kappa shape index (κ3) is 3.39. The van der Waals surface area contributed by atoms with E-state index in [9.17, 15) is 4.79 Å². The van der Waals surface area contributed by atoms with Crippen LogP contribution in [0.25, 0.3) is 0 Å². The van der Waals surface area contributed by atoms with Crippen molar-refractivity contribution in [2.75, 3.05) is 13.2 Å². The lowest BCUT2D eigenvalue weighted by Gasteiger charge is -2.29. The number of hydrogen-bond acceptors (Lipinski definition) is 3. The van der Waals surface area contributed by atoms with Gasteiger partial charge in [-0.2, -0.15) is 0 Å². The number of Topliss-reactive ketones (excluding diaryl/α,β-unsaturated/α-hetero) is 1. The van der Waals surface area contributed by atoms with Gasteiger partial charge in [0, 0.05) is 24.4 Å². The normalized spacial score (nSPS) is 29.9. The topological polar surface area (TPSA) is 38.3 Å². The Morgan fingerprint density at radius 2 is 2.29 bits per heavy atom. The van der Waals surface area contributed by atoms with Crippen molar-refractivity contribution in [1.82, 2.24) is 5.32 Å². The summed E-state index contributed by atoms with van der Waals surface area (Å²) in [6.07, 6.45) is 1.54. The maximum absolute atomic E-state index is 11.7. The average molecular weight is 199 g/mol. The number of nitrogens with one attached hydrogen (secondary N) is 1. The standard InChI is InChI=1S/C11H21NO2/c1-4-8(2)11(13)5-10-7-14-6-9(3)12-10/h8-10,12H,4-7H2,1-3H3. The van der Waals surface area contributed by atoms with Gasteiger partial charge < -0.3 is 10.1 Å². The fourth-order valence-electron chi connectivity index (χ4n) is 1.68. The van der Waals surface area contributed by atoms with Crippen LogP contribution in [-0.4, -0.2) is 31.1 Å². The summed E-state index contributed by atoms with van der Waals surface area (Å²) in [4.78, 5) is 11.7. The van der Waals surface area contributed by atoms with E-state index in [0.717, 1.165) is 13.0 Å². The molecule has 1 heterocycles. The van der Waals surface area contributed by atoms with Crippen LogP contribution >= 0.6 is 0 Å². The first-order valence-electron chi connectivity index (χ1n) is 5.50. The molecule has 1 rings (SSSR count). The first-order valence-corrected chi connectivity index (χ1v) is 5.50. The Labute approximate surface area is 86.2 Å². The predicted octanol–water partition coefficient (Wildman–Crippen LogP) is 1.37. The molecule has 1 saturated heterocycles. The SMILES string of the molecule is CCC(C)C(=O)CC1COCC(C)N1. The maximum Gasteiger partial charge on any atom is 0.137 e. The van der Waals surface area contributed by atoms with Gasteiger partial charge in [-0.05, 0) is 13.3 Å². The number of ether oxygens (including phenoxy) is 1. The molecular weight excluding hydrogens is 178 g/mol. The third-order valence-electron chi connectivity index (χ3n) is 2.82. The molecule has 0 spiro atoms. The van der Waals surface area contributed by atoms with Crippen molar-refractivity contribution < 1.29 is 9.53 Å². The minimum absolute atomic E-state index is 0.189. The summed E-state index contributed by atoms with van der Waals surface area (Å²) < 4.78 is 5.39. The summed E-state index contributed by atoms with van der Waals surface area (Å²) in [6.45, 7) is 7.56. The highest BCUT2D eigenvalue weighted by atomic mass is 16.5. The highest BCUT2D eigenvalue weighted by Gasteiger charge is 2.22. The van der Waals surface area contributed by atoms with E-state index in [2.05, 4.69) is 19.2 Å². The molecule has 0 aliphatic carbocycles. The van der Waals surface area contributed by atoms with E-state index in [-0.39, 0.29) is 12.0 Å². The number of carbonyl (C=O) groups is 1. The molecule has 3 nitrogen and oxygen atoms in total. The lowest BCUT2D eigenvalue weighted by Crippen LogP contribution is -2.48. The van der Waals surface area contributed by atoms with E-state index in [1.54, 1.807) is 0 Å². The highest BCUT2D eigenvalue weighted by molar-refractivity contribution is 5.81. The lowest BCUT2D eigenvalue weighted by molar-refractivity contribution is -0.123. The molecule has 1 aliphatic heterocycles. The number of rotatable bonds is 4. The van der Waals surface area contributed by atoms with Gasteiger partial charge in [-0.15, -0.1) is 0 Å². The average Bonchev–Trinajstić information content (AvgIpc) is 2.16. The van der Waals surface area contributed by atoms with Gasteiger partial charge in [0.25, 0.3) is 0 Å². The van der Waals surface area contributed by atoms with Crippen molar-refractivity contribution >= 4 is 5.78 Å². The first kappa shape index (κ1) is 11.7. The van der Waals surface area contributed by atoms with Crippen LogP contribution in [0.3, 0.4) is 0 Å². The Hall–Kier alpha value is -0.410. The smallest absolute Gasteiger partial charge is 0.137 e. The van der Waals surface area contributed by atoms with Crippen molar-refractivity contribution in [1.29, 1.82) is 0 Å². The fourth-order valence-corrected chi connectivity index (χ4v) is 1.68. The van der Waals surface area contributed by atoms with Gasteiger partial charge in [0.2, 0.25) is 0 Å². The second-order valence-corrected chi connectivity index (χ2v) is 4.28. The number of carbonyl (C=O) groups excluding carboxylic acids is 1. The minimum Gasteiger partial charge on any atom is -0.378 e. The number of ketones is 1. The van der Waals surface area contributed by atoms with Crippen molar-refractivity contribution in [3.8, 4) is 0 Å². The van der Waals surface area contributed by atoms with Gasteiger partial charge in [0.15, 0.2) is 0 Å². The molecule has 3 unspecified atom stereocenters. The van der Waals surface area contributed by atoms with Gasteiger partial charge in [0.05, 0.1) is 13.2 Å². The molecule has 0 aromatic rings. The molecule has 0 aromatic heterocycles. The van der Waals surface area contributed by atoms with Crippen LogP contribution < -0.4 is 5.32 Å². The van der Waals surface area contributed by atoms with Crippen molar-refractivity contribution in [3.05, 3.63) is 0 Å². The van der Waals surface area contributed by atoms with E-state index in [1.807, 2.05) is 6.92 Å². The molecule has 3 heteroatoms. The minimum atomic E-state index is 0.189. The fraction of sp³-hybridized carbons (Fsp3) is 0.909. The van der Waals surface area contributed by atoms with Crippen molar-refractivity contribution in [3.63, 3.8) is 0 Å².